The first kappa shape index (κ1) is 54.7. The maximum atomic E-state index is 11.0. The van der Waals surface area contributed by atoms with Gasteiger partial charge in [-0.3, -0.25) is 14.3 Å². The van der Waals surface area contributed by atoms with Crippen molar-refractivity contribution < 1.29 is 95.3 Å². The van der Waals surface area contributed by atoms with Crippen LogP contribution in [0.25, 0.3) is 4.85 Å². The first-order valence-corrected chi connectivity index (χ1v) is 15.4. The van der Waals surface area contributed by atoms with Gasteiger partial charge in [0, 0.05) is 99.0 Å². The molecule has 4 fully saturated rings. The molecule has 0 aromatic carbocycles. The Morgan fingerprint density at radius 1 is 1.06 bits per heavy atom. The molecule has 0 aliphatic carbocycles. The van der Waals surface area contributed by atoms with E-state index in [1.165, 1.54) is 16.8 Å². The molecule has 0 saturated carbocycles. The van der Waals surface area contributed by atoms with E-state index in [-0.39, 0.29) is 139 Å². The fourth-order valence-electron chi connectivity index (χ4n) is 4.97. The van der Waals surface area contributed by atoms with Gasteiger partial charge >= 0.3 is 5.69 Å². The summed E-state index contributed by atoms with van der Waals surface area (Å²) in [6.45, 7) is 28.9. The summed E-state index contributed by atoms with van der Waals surface area (Å²) in [6, 6.07) is 1.42. The molecule has 0 amide bonds. The van der Waals surface area contributed by atoms with E-state index in [1.54, 1.807) is 19.3 Å². The SMILES string of the molecule is C.C.C.C.C=C[C@H](C)[C@@]12CO[C@@H]([CH-]O1)[C@@H]2O.CC(C)n1ccc(=O)[nH]c1=O.[C-]#[N+]CCOP(C)O[C@H]1[C@@H]2[CH-]O[C@@]1([C@@H](C)C=C)CO2.[U].[U]. The van der Waals surface area contributed by atoms with Gasteiger partial charge in [-0.05, 0) is 26.1 Å². The average molecular weight is 1150 g/mol. The topological polar surface area (TPSA) is 135 Å². The summed E-state index contributed by atoms with van der Waals surface area (Å²) in [5, 5.41) is 9.75. The molecule has 0 spiro atoms. The van der Waals surface area contributed by atoms with Gasteiger partial charge in [0.15, 0.2) is 8.38 Å². The van der Waals surface area contributed by atoms with Crippen LogP contribution in [0, 0.1) is 93.8 Å². The molecule has 15 heteroatoms. The summed E-state index contributed by atoms with van der Waals surface area (Å²) in [5.41, 5.74) is -1.75. The van der Waals surface area contributed by atoms with E-state index in [0.29, 0.717) is 26.4 Å². The van der Waals surface area contributed by atoms with Gasteiger partial charge in [-0.1, -0.05) is 55.7 Å². The number of nitrogens with zero attached hydrogens (tertiary/aromatic N) is 2. The minimum Gasteiger partial charge on any atom is -0.541 e. The number of fused-ring (bicyclic) bond motifs is 4. The second-order valence-electron chi connectivity index (χ2n) is 10.8. The molecule has 4 aliphatic rings. The molecule has 1 unspecified atom stereocenters. The number of aromatic amines is 1. The quantitative estimate of drug-likeness (QED) is 0.134. The summed E-state index contributed by atoms with van der Waals surface area (Å²) in [4.78, 5) is 27.0. The fraction of sp³-hybridized carbons (Fsp3) is 0.667. The number of hydrogen-bond donors (Lipinski definition) is 2. The number of aliphatic hydroxyl groups excluding tert-OH is 1. The molecule has 4 aliphatic heterocycles. The van der Waals surface area contributed by atoms with E-state index in [1.807, 2.05) is 40.4 Å². The monoisotopic (exact) mass is 1150 g/mol. The minimum absolute atomic E-state index is 0. The van der Waals surface area contributed by atoms with E-state index in [4.69, 9.17) is 34.6 Å². The predicted octanol–water partition coefficient (Wildman–Crippen LogP) is 5.56. The summed E-state index contributed by atoms with van der Waals surface area (Å²) in [6.07, 6.45) is 4.05. The second-order valence-corrected chi connectivity index (χ2v) is 12.1. The number of ether oxygens (including phenoxy) is 4. The van der Waals surface area contributed by atoms with Crippen LogP contribution in [-0.4, -0.2) is 83.3 Å². The number of aromatic nitrogens is 2. The number of hydrogen-bond acceptors (Lipinski definition) is 9. The van der Waals surface area contributed by atoms with Crippen LogP contribution in [0.15, 0.2) is 47.2 Å². The van der Waals surface area contributed by atoms with Crippen molar-refractivity contribution in [2.75, 3.05) is 33.0 Å². The zero-order valence-electron chi connectivity index (χ0n) is 25.8. The standard InChI is InChI=1S/C13H19NO4P.C9H13O3.C7H10N2O2.4CH4.2U/c1-5-10(2)13-9-15-11(8-16-13)12(13)18-19(4)17-7-6-14-3;1-3-6(2)9-5-11-7(4-12-9)8(9)10;1-5(2)9-4-3-6(10)8-7(9)11;;;;;;/h5,8,10-12H,1,6-7,9H2,2,4H3;3-4,6-8,10H,1,5H2,2H3;3-5H,1-2H3,(H,8,10,11);4*1H4;;/q2*-1;;;;;;;/t10-,11-,12-,13+,19?;6-,7-,8-,9+;;;;;;;/m00......./s1. The van der Waals surface area contributed by atoms with Gasteiger partial charge in [0.2, 0.25) is 6.54 Å². The largest absolute Gasteiger partial charge is 0.541 e. The van der Waals surface area contributed by atoms with Gasteiger partial charge < -0.3 is 37.9 Å². The summed E-state index contributed by atoms with van der Waals surface area (Å²) < 4.78 is 35.2. The number of rotatable bonds is 10. The number of aliphatic hydroxyl groups is 1. The second kappa shape index (κ2) is 25.0. The first-order valence-electron chi connectivity index (χ1n) is 13.8. The van der Waals surface area contributed by atoms with Crippen LogP contribution in [-0.2, 0) is 28.0 Å². The third-order valence-electron chi connectivity index (χ3n) is 7.83. The zero-order chi connectivity index (χ0) is 31.1. The number of nitrogens with one attached hydrogen (secondary N) is 1. The first-order chi connectivity index (χ1) is 19.9. The Labute approximate surface area is 337 Å². The van der Waals surface area contributed by atoms with Crippen LogP contribution in [0.4, 0.5) is 0 Å². The molecule has 5 heterocycles. The Kier molecular flexibility index (Phi) is 28.5. The maximum Gasteiger partial charge on any atom is 0.328 e. The molecule has 9 atom stereocenters. The predicted molar refractivity (Wildman–Crippen MR) is 184 cm³/mol. The smallest absolute Gasteiger partial charge is 0.328 e. The fourth-order valence-corrected chi connectivity index (χ4v) is 5.98. The van der Waals surface area contributed by atoms with Gasteiger partial charge in [-0.15, -0.1) is 13.2 Å². The molecule has 2 N–H and O–H groups in total. The van der Waals surface area contributed by atoms with Crippen molar-refractivity contribution in [3.8, 4) is 0 Å². The van der Waals surface area contributed by atoms with E-state index in [0.717, 1.165) is 0 Å². The van der Waals surface area contributed by atoms with Crippen molar-refractivity contribution >= 4 is 8.38 Å². The zero-order valence-corrected chi connectivity index (χ0v) is 35.0. The van der Waals surface area contributed by atoms with Gasteiger partial charge in [-0.25, -0.2) is 11.4 Å². The summed E-state index contributed by atoms with van der Waals surface area (Å²) in [5.74, 6) is 0.240. The Morgan fingerprint density at radius 2 is 1.58 bits per heavy atom. The molecule has 12 nitrogen and oxygen atoms in total. The Bertz CT molecular complexity index is 1210. The molecule has 5 rings (SSSR count). The normalized spacial score (nSPS) is 28.5. The maximum absolute atomic E-state index is 11.0. The molecule has 274 valence electrons. The third-order valence-corrected chi connectivity index (χ3v) is 8.90. The third kappa shape index (κ3) is 12.5. The van der Waals surface area contributed by atoms with Crippen LogP contribution < -0.4 is 11.2 Å². The van der Waals surface area contributed by atoms with E-state index < -0.39 is 25.7 Å². The van der Waals surface area contributed by atoms with Crippen LogP contribution in [0.2, 0.25) is 0 Å². The van der Waals surface area contributed by atoms with Crippen molar-refractivity contribution in [2.24, 2.45) is 11.8 Å². The van der Waals surface area contributed by atoms with Crippen molar-refractivity contribution in [3.63, 3.8) is 0 Å². The summed E-state index contributed by atoms with van der Waals surface area (Å²) >= 11 is 0. The van der Waals surface area contributed by atoms with Crippen LogP contribution in [0.1, 0.15) is 63.4 Å². The molecular weight excluding hydrogens is 1090 g/mol. The van der Waals surface area contributed by atoms with Gasteiger partial charge in [0.25, 0.3) is 5.56 Å². The molecule has 1 aromatic heterocycles. The van der Waals surface area contributed by atoms with Crippen LogP contribution in [0.3, 0.4) is 0 Å². The van der Waals surface area contributed by atoms with E-state index in [9.17, 15) is 14.7 Å². The Morgan fingerprint density at radius 3 is 2.00 bits per heavy atom. The van der Waals surface area contributed by atoms with Crippen molar-refractivity contribution in [3.05, 3.63) is 83.0 Å². The van der Waals surface area contributed by atoms with Crippen molar-refractivity contribution in [2.45, 2.75) is 99.1 Å². The van der Waals surface area contributed by atoms with E-state index in [2.05, 4.69) is 23.0 Å². The molecule has 0 radical (unpaired) electrons. The molecule has 4 saturated heterocycles. The van der Waals surface area contributed by atoms with Gasteiger partial charge in [0.1, 0.15) is 6.61 Å². The molecule has 1 aromatic rings. The van der Waals surface area contributed by atoms with Crippen molar-refractivity contribution in [1.82, 2.24) is 9.55 Å². The summed E-state index contributed by atoms with van der Waals surface area (Å²) in [7, 11) is -1.04. The average Bonchev–Trinajstić information content (AvgIpc) is 3.70. The molecule has 48 heavy (non-hydrogen) atoms. The van der Waals surface area contributed by atoms with Gasteiger partial charge in [-0.2, -0.15) is 13.2 Å². The van der Waals surface area contributed by atoms with Crippen LogP contribution in [0.5, 0.6) is 0 Å². The van der Waals surface area contributed by atoms with Crippen LogP contribution >= 0.6 is 8.38 Å². The Balaban J connectivity index is -0.000000297. The molecular formula is C33H58N3O9PU2-2. The molecule has 4 bridgehead atoms. The Hall–Kier alpha value is -0.0961. The van der Waals surface area contributed by atoms with E-state index >= 15 is 0 Å². The van der Waals surface area contributed by atoms with Gasteiger partial charge in [0.05, 0.1) is 36.6 Å². The van der Waals surface area contributed by atoms with Crippen molar-refractivity contribution in [1.29, 1.82) is 0 Å². The number of H-pyrrole nitrogens is 1. The minimum atomic E-state index is -1.04.